The number of aryl methyl sites for hydroxylation is 1. The molecule has 0 N–H and O–H groups in total. The van der Waals surface area contributed by atoms with Gasteiger partial charge in [0.1, 0.15) is 0 Å². The topological polar surface area (TPSA) is 0 Å². The van der Waals surface area contributed by atoms with Crippen LogP contribution in [0.2, 0.25) is 0 Å². The molecular formula is C13H16Ca. The van der Waals surface area contributed by atoms with Crippen molar-refractivity contribution in [1.29, 1.82) is 0 Å². The summed E-state index contributed by atoms with van der Waals surface area (Å²) in [4.78, 5) is 0. The van der Waals surface area contributed by atoms with Crippen LogP contribution in [0.1, 0.15) is 21.8 Å². The normalized spacial score (nSPS) is 9.79. The maximum Gasteiger partial charge on any atom is 2.00 e. The molecule has 0 saturated heterocycles. The van der Waals surface area contributed by atoms with E-state index in [1.807, 2.05) is 0 Å². The fraction of sp³-hybridized carbons (Fsp3) is 0.231. The zero-order valence-electron chi connectivity index (χ0n) is 10.7. The largest absolute Gasteiger partial charge is 2.00 e. The first-order valence-electron chi connectivity index (χ1n) is 4.88. The van der Waals surface area contributed by atoms with E-state index in [2.05, 4.69) is 49.4 Å². The Kier molecular flexibility index (Phi) is 4.94. The van der Waals surface area contributed by atoms with Crippen LogP contribution in [0.5, 0.6) is 0 Å². The Morgan fingerprint density at radius 2 is 1.71 bits per heavy atom. The molecule has 0 heterocycles. The number of hydrogen-bond donors (Lipinski definition) is 0. The van der Waals surface area contributed by atoms with Crippen molar-refractivity contribution in [3.05, 3.63) is 48.0 Å². The minimum absolute atomic E-state index is 0. The Bertz CT molecular complexity index is 410. The molecule has 0 fully saturated rings. The molecule has 2 rings (SSSR count). The molecule has 2 aromatic rings. The summed E-state index contributed by atoms with van der Waals surface area (Å²) in [7, 11) is 0. The molecule has 0 aliphatic carbocycles. The van der Waals surface area contributed by atoms with Crippen molar-refractivity contribution in [3.63, 3.8) is 0 Å². The van der Waals surface area contributed by atoms with E-state index in [0.717, 1.165) is 0 Å². The maximum absolute atomic E-state index is 2.23. The minimum Gasteiger partial charge on any atom is -1.00 e. The number of hydrogen-bond acceptors (Lipinski definition) is 0. The number of rotatable bonds is 2. The summed E-state index contributed by atoms with van der Waals surface area (Å²) >= 11 is 0. The molecule has 0 saturated carbocycles. The first-order valence-corrected chi connectivity index (χ1v) is 4.88. The Labute approximate surface area is 118 Å². The molecule has 0 aromatic heterocycles. The third-order valence-corrected chi connectivity index (χ3v) is 2.40. The fourth-order valence-corrected chi connectivity index (χ4v) is 1.78. The molecule has 0 radical (unpaired) electrons. The van der Waals surface area contributed by atoms with E-state index in [1.165, 1.54) is 29.2 Å². The van der Waals surface area contributed by atoms with E-state index in [4.69, 9.17) is 0 Å². The summed E-state index contributed by atoms with van der Waals surface area (Å²) in [6, 6.07) is 15.1. The van der Waals surface area contributed by atoms with E-state index in [9.17, 15) is 0 Å². The van der Waals surface area contributed by atoms with Gasteiger partial charge in [0.15, 0.2) is 0 Å². The summed E-state index contributed by atoms with van der Waals surface area (Å²) in [5, 5.41) is 2.76. The van der Waals surface area contributed by atoms with Gasteiger partial charge in [0, 0.05) is 0 Å². The van der Waals surface area contributed by atoms with Crippen LogP contribution >= 0.6 is 0 Å². The molecule has 0 aliphatic rings. The van der Waals surface area contributed by atoms with Crippen LogP contribution in [0.25, 0.3) is 10.8 Å². The van der Waals surface area contributed by atoms with Gasteiger partial charge >= 0.3 is 37.7 Å². The quantitative estimate of drug-likeness (QED) is 0.667. The van der Waals surface area contributed by atoms with Crippen LogP contribution < -0.4 is 0 Å². The molecule has 0 aliphatic heterocycles. The van der Waals surface area contributed by atoms with Gasteiger partial charge in [0.05, 0.1) is 0 Å². The monoisotopic (exact) mass is 212 g/mol. The summed E-state index contributed by atoms with van der Waals surface area (Å²) in [5.74, 6) is 0. The molecule has 1 heteroatoms. The first kappa shape index (κ1) is 12.0. The second kappa shape index (κ2) is 5.75. The van der Waals surface area contributed by atoms with Crippen molar-refractivity contribution >= 4 is 48.5 Å². The molecular weight excluding hydrogens is 196 g/mol. The van der Waals surface area contributed by atoms with Gasteiger partial charge in [0.2, 0.25) is 0 Å². The first-order chi connectivity index (χ1) is 6.42. The van der Waals surface area contributed by atoms with E-state index in [-0.39, 0.29) is 40.6 Å². The predicted octanol–water partition coefficient (Wildman–Crippen LogP) is 3.64. The van der Waals surface area contributed by atoms with E-state index >= 15 is 0 Å². The van der Waals surface area contributed by atoms with E-state index in [1.54, 1.807) is 0 Å². The van der Waals surface area contributed by atoms with Gasteiger partial charge in [-0.05, 0) is 22.8 Å². The van der Waals surface area contributed by atoms with Gasteiger partial charge in [-0.3, -0.25) is 0 Å². The predicted molar refractivity (Wildman–Crippen MR) is 65.9 cm³/mol. The Morgan fingerprint density at radius 3 is 2.50 bits per heavy atom. The second-order valence-corrected chi connectivity index (χ2v) is 3.39. The van der Waals surface area contributed by atoms with Crippen LogP contribution in [0.15, 0.2) is 42.5 Å². The molecule has 0 nitrogen and oxygen atoms in total. The fourth-order valence-electron chi connectivity index (χ4n) is 1.78. The third kappa shape index (κ3) is 2.50. The molecule has 70 valence electrons. The Hall–Kier alpha value is -0.0403. The van der Waals surface area contributed by atoms with Gasteiger partial charge in [-0.25, -0.2) is 0 Å². The van der Waals surface area contributed by atoms with Gasteiger partial charge < -0.3 is 2.85 Å². The van der Waals surface area contributed by atoms with Crippen LogP contribution in [0, 0.1) is 0 Å². The summed E-state index contributed by atoms with van der Waals surface area (Å²) < 4.78 is 0. The molecule has 0 spiro atoms. The number of benzene rings is 2. The van der Waals surface area contributed by atoms with Crippen molar-refractivity contribution < 1.29 is 2.85 Å². The van der Waals surface area contributed by atoms with Crippen LogP contribution in [0.4, 0.5) is 0 Å². The average molecular weight is 212 g/mol. The van der Waals surface area contributed by atoms with Crippen molar-refractivity contribution in [3.8, 4) is 0 Å². The molecule has 0 atom stereocenters. The van der Waals surface area contributed by atoms with E-state index in [0.29, 0.717) is 0 Å². The molecule has 0 bridgehead atoms. The van der Waals surface area contributed by atoms with Gasteiger partial charge in [-0.2, -0.15) is 0 Å². The van der Waals surface area contributed by atoms with Crippen LogP contribution in [-0.2, 0) is 6.42 Å². The Morgan fingerprint density at radius 1 is 1.00 bits per heavy atom. The van der Waals surface area contributed by atoms with Gasteiger partial charge in [-0.1, -0.05) is 55.8 Å². The zero-order valence-corrected chi connectivity index (χ0v) is 10.9. The molecule has 2 aromatic carbocycles. The van der Waals surface area contributed by atoms with Crippen molar-refractivity contribution in [2.75, 3.05) is 0 Å². The van der Waals surface area contributed by atoms with Gasteiger partial charge in [-0.15, -0.1) is 0 Å². The smallest absolute Gasteiger partial charge is 1.00 e. The van der Waals surface area contributed by atoms with Crippen LogP contribution in [-0.4, -0.2) is 37.7 Å². The van der Waals surface area contributed by atoms with Gasteiger partial charge in [0.25, 0.3) is 0 Å². The van der Waals surface area contributed by atoms with Crippen molar-refractivity contribution in [1.82, 2.24) is 0 Å². The minimum atomic E-state index is 0. The SMILES string of the molecule is CCCc1cccc2ccccc12.[Ca+2].[H-].[H-]. The zero-order chi connectivity index (χ0) is 9.10. The van der Waals surface area contributed by atoms with E-state index < -0.39 is 0 Å². The van der Waals surface area contributed by atoms with Crippen molar-refractivity contribution in [2.45, 2.75) is 19.8 Å². The third-order valence-electron chi connectivity index (χ3n) is 2.40. The standard InChI is InChI=1S/C13H14.Ca.2H/c1-2-6-11-8-5-9-12-7-3-4-10-13(11)12;;;/h3-5,7-10H,2,6H2,1H3;;;/q;+2;2*-1. The Balaban J connectivity index is 0. The summed E-state index contributed by atoms with van der Waals surface area (Å²) in [5.41, 5.74) is 1.47. The maximum atomic E-state index is 2.23. The molecule has 14 heavy (non-hydrogen) atoms. The molecule has 0 unspecified atom stereocenters. The number of fused-ring (bicyclic) bond motifs is 1. The van der Waals surface area contributed by atoms with Crippen molar-refractivity contribution in [2.24, 2.45) is 0 Å². The summed E-state index contributed by atoms with van der Waals surface area (Å²) in [6.07, 6.45) is 2.40. The molecule has 0 amide bonds. The average Bonchev–Trinajstić information content (AvgIpc) is 2.19. The second-order valence-electron chi connectivity index (χ2n) is 3.39. The van der Waals surface area contributed by atoms with Crippen LogP contribution in [0.3, 0.4) is 0 Å². The summed E-state index contributed by atoms with van der Waals surface area (Å²) in [6.45, 7) is 2.22.